The average molecular weight is 277 g/mol. The minimum Gasteiger partial charge on any atom is -0.465 e. The molecule has 0 aliphatic carbocycles. The number of carbonyl (C=O) groups excluding carboxylic acids is 2. The summed E-state index contributed by atoms with van der Waals surface area (Å²) in [4.78, 5) is 25.6. The average Bonchev–Trinajstić information content (AvgIpc) is 2.48. The number of aromatic nitrogens is 1. The van der Waals surface area contributed by atoms with Crippen LogP contribution in [0.25, 0.3) is 11.1 Å². The molecule has 4 nitrogen and oxygen atoms in total. The molecule has 6 heteroatoms. The zero-order valence-corrected chi connectivity index (χ0v) is 10.4. The highest BCUT2D eigenvalue weighted by Gasteiger charge is 2.14. The van der Waals surface area contributed by atoms with E-state index in [1.165, 1.54) is 25.3 Å². The van der Waals surface area contributed by atoms with E-state index in [2.05, 4.69) is 9.72 Å². The first-order valence-corrected chi connectivity index (χ1v) is 5.55. The molecule has 1 aromatic carbocycles. The van der Waals surface area contributed by atoms with Gasteiger partial charge in [0.05, 0.1) is 18.9 Å². The van der Waals surface area contributed by atoms with Crippen molar-refractivity contribution in [2.24, 2.45) is 0 Å². The third kappa shape index (κ3) is 2.54. The van der Waals surface area contributed by atoms with Crippen LogP contribution in [0, 0.1) is 11.8 Å². The Bertz CT molecular complexity index is 686. The van der Waals surface area contributed by atoms with Crippen LogP contribution in [0.5, 0.6) is 0 Å². The molecule has 2 aromatic rings. The Kier molecular flexibility index (Phi) is 3.84. The van der Waals surface area contributed by atoms with E-state index in [0.717, 1.165) is 12.3 Å². The number of halogens is 2. The third-order valence-corrected chi connectivity index (χ3v) is 2.71. The summed E-state index contributed by atoms with van der Waals surface area (Å²) in [7, 11) is 1.20. The summed E-state index contributed by atoms with van der Waals surface area (Å²) in [5, 5.41) is 0. The first-order chi connectivity index (χ1) is 9.56. The second-order valence-electron chi connectivity index (χ2n) is 3.90. The maximum atomic E-state index is 13.7. The number of hydrogen-bond donors (Lipinski definition) is 0. The lowest BCUT2D eigenvalue weighted by Crippen LogP contribution is -2.03. The number of esters is 1. The lowest BCUT2D eigenvalue weighted by Gasteiger charge is -2.08. The zero-order chi connectivity index (χ0) is 14.7. The number of ether oxygens (including phenoxy) is 1. The van der Waals surface area contributed by atoms with E-state index in [1.807, 2.05) is 0 Å². The number of nitrogens with zero attached hydrogens (tertiary/aromatic N) is 1. The minimum absolute atomic E-state index is 0.0531. The van der Waals surface area contributed by atoms with E-state index < -0.39 is 17.7 Å². The molecule has 0 spiro atoms. The molecule has 0 atom stereocenters. The number of hydrogen-bond acceptors (Lipinski definition) is 4. The van der Waals surface area contributed by atoms with Crippen LogP contribution < -0.4 is 0 Å². The van der Waals surface area contributed by atoms with Crippen molar-refractivity contribution in [3.8, 4) is 11.1 Å². The van der Waals surface area contributed by atoms with Gasteiger partial charge in [0.15, 0.2) is 6.29 Å². The van der Waals surface area contributed by atoms with Gasteiger partial charge in [0.25, 0.3) is 0 Å². The Labute approximate surface area is 113 Å². The molecule has 0 saturated heterocycles. The van der Waals surface area contributed by atoms with Gasteiger partial charge in [-0.2, -0.15) is 4.39 Å². The number of aldehydes is 1. The lowest BCUT2D eigenvalue weighted by molar-refractivity contribution is 0.0600. The molecule has 0 saturated carbocycles. The summed E-state index contributed by atoms with van der Waals surface area (Å²) >= 11 is 0. The zero-order valence-electron chi connectivity index (χ0n) is 10.4. The normalized spacial score (nSPS) is 10.2. The van der Waals surface area contributed by atoms with E-state index in [9.17, 15) is 18.4 Å². The number of benzene rings is 1. The van der Waals surface area contributed by atoms with Crippen LogP contribution >= 0.6 is 0 Å². The third-order valence-electron chi connectivity index (χ3n) is 2.71. The van der Waals surface area contributed by atoms with Gasteiger partial charge in [0.2, 0.25) is 5.95 Å². The highest BCUT2D eigenvalue weighted by atomic mass is 19.1. The van der Waals surface area contributed by atoms with Crippen molar-refractivity contribution in [3.05, 3.63) is 53.4 Å². The fourth-order valence-electron chi connectivity index (χ4n) is 1.77. The maximum absolute atomic E-state index is 13.7. The Morgan fingerprint density at radius 3 is 2.65 bits per heavy atom. The van der Waals surface area contributed by atoms with Crippen LogP contribution in [0.4, 0.5) is 8.78 Å². The standard InChI is InChI=1S/C14H9F2NO3/c1-20-14(19)8-2-3-10(9(4-8)7-18)11-5-13(16)17-6-12(11)15/h2-7H,1H3. The second-order valence-corrected chi connectivity index (χ2v) is 3.90. The van der Waals surface area contributed by atoms with Crippen molar-refractivity contribution in [1.29, 1.82) is 0 Å². The molecule has 1 heterocycles. The van der Waals surface area contributed by atoms with Crippen molar-refractivity contribution in [2.75, 3.05) is 7.11 Å². The highest BCUT2D eigenvalue weighted by Crippen LogP contribution is 2.26. The molecule has 20 heavy (non-hydrogen) atoms. The summed E-state index contributed by atoms with van der Waals surface area (Å²) in [6, 6.07) is 4.86. The predicted octanol–water partition coefficient (Wildman–Crippen LogP) is 2.63. The molecule has 0 amide bonds. The molecular weight excluding hydrogens is 268 g/mol. The number of rotatable bonds is 3. The van der Waals surface area contributed by atoms with Crippen LogP contribution in [0.2, 0.25) is 0 Å². The Hall–Kier alpha value is -2.63. The summed E-state index contributed by atoms with van der Waals surface area (Å²) in [5.41, 5.74) is 0.271. The smallest absolute Gasteiger partial charge is 0.337 e. The van der Waals surface area contributed by atoms with Gasteiger partial charge in [-0.05, 0) is 17.7 Å². The van der Waals surface area contributed by atoms with E-state index in [1.54, 1.807) is 0 Å². The molecule has 0 aliphatic heterocycles. The van der Waals surface area contributed by atoms with E-state index in [0.29, 0.717) is 6.29 Å². The molecular formula is C14H9F2NO3. The van der Waals surface area contributed by atoms with Gasteiger partial charge in [-0.25, -0.2) is 14.2 Å². The van der Waals surface area contributed by atoms with Gasteiger partial charge in [-0.1, -0.05) is 6.07 Å². The van der Waals surface area contributed by atoms with Crippen LogP contribution in [0.3, 0.4) is 0 Å². The van der Waals surface area contributed by atoms with Gasteiger partial charge in [0, 0.05) is 17.2 Å². The monoisotopic (exact) mass is 277 g/mol. The number of methoxy groups -OCH3 is 1. The summed E-state index contributed by atoms with van der Waals surface area (Å²) in [5.74, 6) is -2.25. The maximum Gasteiger partial charge on any atom is 0.337 e. The molecule has 0 fully saturated rings. The molecule has 0 bridgehead atoms. The van der Waals surface area contributed by atoms with Gasteiger partial charge >= 0.3 is 5.97 Å². The molecule has 102 valence electrons. The molecule has 0 aliphatic rings. The van der Waals surface area contributed by atoms with Crippen molar-refractivity contribution < 1.29 is 23.1 Å². The summed E-state index contributed by atoms with van der Waals surface area (Å²) in [6.45, 7) is 0. The topological polar surface area (TPSA) is 56.3 Å². The van der Waals surface area contributed by atoms with Crippen molar-refractivity contribution in [2.45, 2.75) is 0 Å². The molecule has 0 N–H and O–H groups in total. The fourth-order valence-corrected chi connectivity index (χ4v) is 1.77. The largest absolute Gasteiger partial charge is 0.465 e. The first-order valence-electron chi connectivity index (χ1n) is 5.55. The van der Waals surface area contributed by atoms with Gasteiger partial charge in [-0.3, -0.25) is 4.79 Å². The molecule has 1 aromatic heterocycles. The summed E-state index contributed by atoms with van der Waals surface area (Å²) < 4.78 is 31.3. The van der Waals surface area contributed by atoms with Crippen molar-refractivity contribution in [1.82, 2.24) is 4.98 Å². The second kappa shape index (κ2) is 5.56. The SMILES string of the molecule is COC(=O)c1ccc(-c2cc(F)ncc2F)c(C=O)c1. The van der Waals surface area contributed by atoms with Gasteiger partial charge in [0.1, 0.15) is 5.82 Å². The first kappa shape index (κ1) is 13.8. The van der Waals surface area contributed by atoms with Gasteiger partial charge in [-0.15, -0.1) is 0 Å². The summed E-state index contributed by atoms with van der Waals surface area (Å²) in [6.07, 6.45) is 1.19. The number of pyridine rings is 1. The van der Waals surface area contributed by atoms with Crippen LogP contribution in [-0.2, 0) is 4.74 Å². The minimum atomic E-state index is -0.865. The van der Waals surface area contributed by atoms with Crippen LogP contribution in [0.15, 0.2) is 30.5 Å². The Balaban J connectivity index is 2.60. The highest BCUT2D eigenvalue weighted by molar-refractivity contribution is 5.95. The predicted molar refractivity (Wildman–Crippen MR) is 66.3 cm³/mol. The molecule has 0 radical (unpaired) electrons. The van der Waals surface area contributed by atoms with Crippen molar-refractivity contribution in [3.63, 3.8) is 0 Å². The lowest BCUT2D eigenvalue weighted by atomic mass is 9.98. The Morgan fingerprint density at radius 1 is 1.25 bits per heavy atom. The molecule has 2 rings (SSSR count). The van der Waals surface area contributed by atoms with Crippen LogP contribution in [-0.4, -0.2) is 24.3 Å². The van der Waals surface area contributed by atoms with Gasteiger partial charge < -0.3 is 4.74 Å². The Morgan fingerprint density at radius 2 is 2.00 bits per heavy atom. The van der Waals surface area contributed by atoms with E-state index in [4.69, 9.17) is 0 Å². The molecule has 0 unspecified atom stereocenters. The fraction of sp³-hybridized carbons (Fsp3) is 0.0714. The van der Waals surface area contributed by atoms with E-state index in [-0.39, 0.29) is 22.3 Å². The number of carbonyl (C=O) groups is 2. The quantitative estimate of drug-likeness (QED) is 0.491. The van der Waals surface area contributed by atoms with Crippen molar-refractivity contribution >= 4 is 12.3 Å². The van der Waals surface area contributed by atoms with E-state index >= 15 is 0 Å². The van der Waals surface area contributed by atoms with Crippen LogP contribution in [0.1, 0.15) is 20.7 Å².